The lowest BCUT2D eigenvalue weighted by atomic mass is 10.1. The summed E-state index contributed by atoms with van der Waals surface area (Å²) in [6.45, 7) is 0.198. The van der Waals surface area contributed by atoms with Gasteiger partial charge in [-0.15, -0.1) is 0 Å². The number of amides is 1. The molecular formula is C21H14ClFN2O3. The van der Waals surface area contributed by atoms with Crippen molar-refractivity contribution < 1.29 is 18.0 Å². The molecule has 0 saturated heterocycles. The third-order valence-electron chi connectivity index (χ3n) is 4.06. The number of hydrogen-bond acceptors (Lipinski definition) is 4. The smallest absolute Gasteiger partial charge is 0.257 e. The fourth-order valence-corrected chi connectivity index (χ4v) is 2.85. The van der Waals surface area contributed by atoms with Gasteiger partial charge in [0.1, 0.15) is 22.6 Å². The maximum absolute atomic E-state index is 14.3. The number of halogens is 2. The first kappa shape index (κ1) is 18.0. The van der Waals surface area contributed by atoms with Crippen LogP contribution in [-0.4, -0.2) is 5.91 Å². The van der Waals surface area contributed by atoms with Gasteiger partial charge in [0.05, 0.1) is 17.8 Å². The predicted molar refractivity (Wildman–Crippen MR) is 103 cm³/mol. The molecule has 0 radical (unpaired) electrons. The number of benzene rings is 2. The van der Waals surface area contributed by atoms with Crippen molar-refractivity contribution in [3.8, 4) is 0 Å². The Labute approximate surface area is 164 Å². The highest BCUT2D eigenvalue weighted by Gasteiger charge is 2.14. The van der Waals surface area contributed by atoms with Gasteiger partial charge >= 0.3 is 0 Å². The molecule has 2 aromatic heterocycles. The van der Waals surface area contributed by atoms with Crippen LogP contribution < -0.4 is 10.9 Å². The molecule has 2 aromatic carbocycles. The van der Waals surface area contributed by atoms with Crippen LogP contribution in [0.15, 0.2) is 80.8 Å². The van der Waals surface area contributed by atoms with Gasteiger partial charge in [-0.1, -0.05) is 35.9 Å². The van der Waals surface area contributed by atoms with Crippen LogP contribution in [0, 0.1) is 5.82 Å². The molecule has 1 N–H and O–H groups in total. The Morgan fingerprint density at radius 3 is 2.79 bits per heavy atom. The minimum atomic E-state index is -0.686. The predicted octanol–water partition coefficient (Wildman–Crippen LogP) is 4.98. The molecule has 0 aliphatic heterocycles. The van der Waals surface area contributed by atoms with E-state index in [1.807, 2.05) is 12.1 Å². The number of nitrogens with zero attached hydrogens (tertiary/aromatic N) is 1. The number of nitrogens with one attached hydrogen (secondary N) is 1. The van der Waals surface area contributed by atoms with Gasteiger partial charge in [-0.05, 0) is 36.4 Å². The van der Waals surface area contributed by atoms with Crippen molar-refractivity contribution in [2.24, 2.45) is 4.99 Å². The maximum atomic E-state index is 14.3. The second-order valence-corrected chi connectivity index (χ2v) is 6.36. The Hall–Kier alpha value is -3.38. The minimum Gasteiger partial charge on any atom is -0.467 e. The van der Waals surface area contributed by atoms with Crippen LogP contribution in [-0.2, 0) is 6.54 Å². The van der Waals surface area contributed by atoms with Crippen LogP contribution in [0.5, 0.6) is 0 Å². The van der Waals surface area contributed by atoms with Gasteiger partial charge in [0.25, 0.3) is 5.91 Å². The quantitative estimate of drug-likeness (QED) is 0.529. The van der Waals surface area contributed by atoms with E-state index in [9.17, 15) is 9.18 Å². The Kier molecular flexibility index (Phi) is 4.95. The van der Waals surface area contributed by atoms with Crippen molar-refractivity contribution >= 4 is 34.2 Å². The fraction of sp³-hybridized carbons (Fsp3) is 0.0476. The third kappa shape index (κ3) is 3.68. The number of furan rings is 1. The second-order valence-electron chi connectivity index (χ2n) is 5.95. The van der Waals surface area contributed by atoms with Gasteiger partial charge in [-0.2, -0.15) is 0 Å². The average Bonchev–Trinajstić information content (AvgIpc) is 3.23. The summed E-state index contributed by atoms with van der Waals surface area (Å²) >= 11 is 5.83. The van der Waals surface area contributed by atoms with E-state index in [1.165, 1.54) is 18.4 Å². The van der Waals surface area contributed by atoms with Gasteiger partial charge in [0.15, 0.2) is 5.82 Å². The third-order valence-corrected chi connectivity index (χ3v) is 4.35. The number of hydrogen-bond donors (Lipinski definition) is 1. The molecular weight excluding hydrogens is 383 g/mol. The molecule has 0 unspecified atom stereocenters. The highest BCUT2D eigenvalue weighted by Crippen LogP contribution is 2.24. The molecule has 7 heteroatoms. The van der Waals surface area contributed by atoms with Gasteiger partial charge in [-0.3, -0.25) is 4.79 Å². The summed E-state index contributed by atoms with van der Waals surface area (Å²) in [5.41, 5.74) is 0.652. The fourth-order valence-electron chi connectivity index (χ4n) is 2.68. The largest absolute Gasteiger partial charge is 0.467 e. The summed E-state index contributed by atoms with van der Waals surface area (Å²) in [6.07, 6.45) is 1.52. The average molecular weight is 397 g/mol. The van der Waals surface area contributed by atoms with Crippen molar-refractivity contribution in [2.75, 3.05) is 0 Å². The molecule has 0 saturated carbocycles. The zero-order valence-electron chi connectivity index (χ0n) is 14.5. The molecule has 0 spiro atoms. The van der Waals surface area contributed by atoms with E-state index < -0.39 is 11.7 Å². The Bertz CT molecular complexity index is 1220. The standard InChI is InChI=1S/C21H14ClFN2O3/c22-16-7-3-8-17(19(16)23)25-21-15(11-13-5-1-2-9-18(13)28-21)20(26)24-12-14-6-4-10-27-14/h1-11H,12H2,(H,24,26). The van der Waals surface area contributed by atoms with Crippen molar-refractivity contribution in [1.82, 2.24) is 5.32 Å². The van der Waals surface area contributed by atoms with Gasteiger partial charge in [0, 0.05) is 5.39 Å². The van der Waals surface area contributed by atoms with Crippen LogP contribution in [0.25, 0.3) is 11.0 Å². The van der Waals surface area contributed by atoms with Gasteiger partial charge < -0.3 is 14.2 Å². The van der Waals surface area contributed by atoms with Crippen LogP contribution in [0.4, 0.5) is 10.1 Å². The topological polar surface area (TPSA) is 67.7 Å². The van der Waals surface area contributed by atoms with E-state index in [4.69, 9.17) is 20.4 Å². The summed E-state index contributed by atoms with van der Waals surface area (Å²) in [7, 11) is 0. The highest BCUT2D eigenvalue weighted by molar-refractivity contribution is 6.31. The molecule has 28 heavy (non-hydrogen) atoms. The summed E-state index contributed by atoms with van der Waals surface area (Å²) in [5.74, 6) is -0.507. The van der Waals surface area contributed by atoms with Crippen molar-refractivity contribution in [2.45, 2.75) is 6.54 Å². The lowest BCUT2D eigenvalue weighted by molar-refractivity contribution is 0.0944. The number of carbonyl (C=O) groups excluding carboxylic acids is 1. The molecule has 1 amide bonds. The van der Waals surface area contributed by atoms with E-state index in [0.29, 0.717) is 11.3 Å². The van der Waals surface area contributed by atoms with E-state index in [2.05, 4.69) is 10.3 Å². The molecule has 0 atom stereocenters. The molecule has 140 valence electrons. The van der Waals surface area contributed by atoms with Crippen LogP contribution in [0.3, 0.4) is 0 Å². The lowest BCUT2D eigenvalue weighted by Gasteiger charge is -2.06. The van der Waals surface area contributed by atoms with Crippen molar-refractivity contribution in [3.63, 3.8) is 0 Å². The van der Waals surface area contributed by atoms with Gasteiger partial charge in [-0.25, -0.2) is 9.38 Å². The number of para-hydroxylation sites is 1. The SMILES string of the molecule is O=C(NCc1ccco1)c1cc2ccccc2oc1=Nc1cccc(Cl)c1F. The summed E-state index contributed by atoms with van der Waals surface area (Å²) in [5, 5.41) is 3.40. The Morgan fingerprint density at radius 2 is 1.96 bits per heavy atom. The molecule has 0 aliphatic carbocycles. The van der Waals surface area contributed by atoms with E-state index in [1.54, 1.807) is 36.4 Å². The molecule has 0 fully saturated rings. The number of fused-ring (bicyclic) bond motifs is 1. The van der Waals surface area contributed by atoms with E-state index in [-0.39, 0.29) is 28.4 Å². The summed E-state index contributed by atoms with van der Waals surface area (Å²) < 4.78 is 25.3. The number of carbonyl (C=O) groups is 1. The van der Waals surface area contributed by atoms with Crippen LogP contribution in [0.2, 0.25) is 5.02 Å². The summed E-state index contributed by atoms with van der Waals surface area (Å²) in [4.78, 5) is 17.0. The zero-order chi connectivity index (χ0) is 19.5. The van der Waals surface area contributed by atoms with Gasteiger partial charge in [0.2, 0.25) is 5.55 Å². The Morgan fingerprint density at radius 1 is 1.11 bits per heavy atom. The normalized spacial score (nSPS) is 11.7. The first-order valence-electron chi connectivity index (χ1n) is 8.44. The molecule has 4 rings (SSSR count). The van der Waals surface area contributed by atoms with E-state index in [0.717, 1.165) is 5.39 Å². The Balaban J connectivity index is 1.81. The molecule has 0 aliphatic rings. The first-order chi connectivity index (χ1) is 13.6. The highest BCUT2D eigenvalue weighted by atomic mass is 35.5. The zero-order valence-corrected chi connectivity index (χ0v) is 15.2. The van der Waals surface area contributed by atoms with E-state index >= 15 is 0 Å². The van der Waals surface area contributed by atoms with Crippen molar-refractivity contribution in [3.05, 3.63) is 94.6 Å². The molecule has 5 nitrogen and oxygen atoms in total. The molecule has 4 aromatic rings. The second kappa shape index (κ2) is 7.70. The minimum absolute atomic E-state index is 0.0168. The number of rotatable bonds is 4. The lowest BCUT2D eigenvalue weighted by Crippen LogP contribution is -2.28. The van der Waals surface area contributed by atoms with Crippen molar-refractivity contribution in [1.29, 1.82) is 0 Å². The molecule has 0 bridgehead atoms. The van der Waals surface area contributed by atoms with Crippen LogP contribution in [0.1, 0.15) is 16.1 Å². The first-order valence-corrected chi connectivity index (χ1v) is 8.82. The summed E-state index contributed by atoms with van der Waals surface area (Å²) in [6, 6.07) is 16.8. The molecule has 2 heterocycles. The van der Waals surface area contributed by atoms with Crippen LogP contribution >= 0.6 is 11.6 Å². The monoisotopic (exact) mass is 396 g/mol. The maximum Gasteiger partial charge on any atom is 0.257 e.